The van der Waals surface area contributed by atoms with Gasteiger partial charge in [0.2, 0.25) is 0 Å². The van der Waals surface area contributed by atoms with Crippen LogP contribution in [0.1, 0.15) is 36.8 Å². The third-order valence-electron chi connectivity index (χ3n) is 7.15. The van der Waals surface area contributed by atoms with Crippen LogP contribution in [0.3, 0.4) is 0 Å². The molecule has 0 amide bonds. The summed E-state index contributed by atoms with van der Waals surface area (Å²) in [6, 6.07) is 12.3. The zero-order valence-corrected chi connectivity index (χ0v) is 24.0. The molecule has 4 aromatic rings. The zero-order valence-electron chi connectivity index (χ0n) is 24.0. The molecule has 10 heteroatoms. The summed E-state index contributed by atoms with van der Waals surface area (Å²) in [6.45, 7) is 4.04. The SMILES string of the molecule is COc1ccc2[nH]cc(C3=CCNCC3)c2c1.COc1ccc2[nH]cc(C3=CCNCC3)c2c1.O=C(O)CCC(=O)O. The number of aromatic nitrogens is 2. The topological polar surface area (TPSA) is 149 Å². The van der Waals surface area contributed by atoms with Gasteiger partial charge in [0.05, 0.1) is 27.1 Å². The number of rotatable bonds is 7. The van der Waals surface area contributed by atoms with Gasteiger partial charge in [0.25, 0.3) is 0 Å². The van der Waals surface area contributed by atoms with Gasteiger partial charge < -0.3 is 40.3 Å². The van der Waals surface area contributed by atoms with E-state index in [9.17, 15) is 9.59 Å². The highest BCUT2D eigenvalue weighted by Crippen LogP contribution is 2.31. The van der Waals surface area contributed by atoms with Gasteiger partial charge in [0.1, 0.15) is 11.5 Å². The van der Waals surface area contributed by atoms with Gasteiger partial charge in [-0.1, -0.05) is 12.2 Å². The lowest BCUT2D eigenvalue weighted by Gasteiger charge is -2.13. The van der Waals surface area contributed by atoms with E-state index in [4.69, 9.17) is 19.7 Å². The molecule has 0 spiro atoms. The van der Waals surface area contributed by atoms with Gasteiger partial charge in [-0.25, -0.2) is 0 Å². The normalized spacial score (nSPS) is 14.5. The molecule has 2 aliphatic heterocycles. The number of aromatic amines is 2. The number of carboxylic acid groups (broad SMARTS) is 2. The van der Waals surface area contributed by atoms with Gasteiger partial charge in [0.15, 0.2) is 0 Å². The highest BCUT2D eigenvalue weighted by Gasteiger charge is 2.12. The van der Waals surface area contributed by atoms with Crippen molar-refractivity contribution in [1.29, 1.82) is 0 Å². The Hall–Kier alpha value is -4.54. The fourth-order valence-corrected chi connectivity index (χ4v) is 4.93. The summed E-state index contributed by atoms with van der Waals surface area (Å²) in [5.41, 5.74) is 7.78. The van der Waals surface area contributed by atoms with Crippen molar-refractivity contribution in [2.24, 2.45) is 0 Å². The first-order valence-corrected chi connectivity index (χ1v) is 13.9. The zero-order chi connectivity index (χ0) is 29.9. The molecule has 2 aliphatic rings. The van der Waals surface area contributed by atoms with Crippen molar-refractivity contribution in [3.05, 3.63) is 72.1 Å². The molecule has 10 nitrogen and oxygen atoms in total. The van der Waals surface area contributed by atoms with E-state index in [0.717, 1.165) is 50.5 Å². The lowest BCUT2D eigenvalue weighted by Crippen LogP contribution is -2.19. The Morgan fingerprint density at radius 1 is 0.714 bits per heavy atom. The first kappa shape index (κ1) is 30.4. The van der Waals surface area contributed by atoms with Gasteiger partial charge in [-0.3, -0.25) is 9.59 Å². The molecule has 0 fully saturated rings. The number of H-pyrrole nitrogens is 2. The van der Waals surface area contributed by atoms with E-state index >= 15 is 0 Å². The Balaban J connectivity index is 0.000000155. The third kappa shape index (κ3) is 8.02. The molecule has 0 aliphatic carbocycles. The minimum atomic E-state index is -1.08. The number of fused-ring (bicyclic) bond motifs is 2. The van der Waals surface area contributed by atoms with Crippen molar-refractivity contribution in [2.45, 2.75) is 25.7 Å². The number of carboxylic acids is 2. The van der Waals surface area contributed by atoms with Crippen molar-refractivity contribution < 1.29 is 29.3 Å². The molecule has 6 rings (SSSR count). The van der Waals surface area contributed by atoms with Crippen molar-refractivity contribution in [1.82, 2.24) is 20.6 Å². The monoisotopic (exact) mass is 574 g/mol. The summed E-state index contributed by atoms with van der Waals surface area (Å²) in [5, 5.41) is 25.0. The number of nitrogens with one attached hydrogen (secondary N) is 4. The molecule has 0 saturated heterocycles. The van der Waals surface area contributed by atoms with E-state index in [-0.39, 0.29) is 12.8 Å². The van der Waals surface area contributed by atoms with Crippen molar-refractivity contribution in [3.8, 4) is 11.5 Å². The highest BCUT2D eigenvalue weighted by molar-refractivity contribution is 5.94. The maximum absolute atomic E-state index is 9.64. The number of carbonyl (C=O) groups is 2. The van der Waals surface area contributed by atoms with E-state index < -0.39 is 11.9 Å². The van der Waals surface area contributed by atoms with Crippen LogP contribution < -0.4 is 20.1 Å². The molecule has 222 valence electrons. The van der Waals surface area contributed by atoms with Crippen LogP contribution in [0.15, 0.2) is 60.9 Å². The number of aliphatic carboxylic acids is 2. The second-order valence-electron chi connectivity index (χ2n) is 9.88. The third-order valence-corrected chi connectivity index (χ3v) is 7.15. The second-order valence-corrected chi connectivity index (χ2v) is 9.88. The molecule has 6 N–H and O–H groups in total. The summed E-state index contributed by atoms with van der Waals surface area (Å²) in [5.74, 6) is -0.333. The van der Waals surface area contributed by atoms with Gasteiger partial charge >= 0.3 is 11.9 Å². The van der Waals surface area contributed by atoms with Crippen LogP contribution in [0.5, 0.6) is 11.5 Å². The Morgan fingerprint density at radius 3 is 1.48 bits per heavy atom. The minimum Gasteiger partial charge on any atom is -0.497 e. The number of benzene rings is 2. The smallest absolute Gasteiger partial charge is 0.303 e. The molecule has 0 radical (unpaired) electrons. The van der Waals surface area contributed by atoms with E-state index in [1.54, 1.807) is 14.2 Å². The molecule has 0 unspecified atom stereocenters. The molecular formula is C32H38N4O6. The highest BCUT2D eigenvalue weighted by atomic mass is 16.5. The second kappa shape index (κ2) is 14.9. The van der Waals surface area contributed by atoms with Gasteiger partial charge in [0, 0.05) is 58.4 Å². The van der Waals surface area contributed by atoms with Crippen molar-refractivity contribution >= 4 is 44.9 Å². The quantitative estimate of drug-likeness (QED) is 0.180. The molecule has 0 saturated carbocycles. The van der Waals surface area contributed by atoms with Gasteiger partial charge in [-0.15, -0.1) is 0 Å². The van der Waals surface area contributed by atoms with E-state index in [1.165, 1.54) is 44.1 Å². The molecule has 4 heterocycles. The number of methoxy groups -OCH3 is 2. The predicted octanol–water partition coefficient (Wildman–Crippen LogP) is 5.04. The van der Waals surface area contributed by atoms with Crippen LogP contribution >= 0.6 is 0 Å². The van der Waals surface area contributed by atoms with Crippen molar-refractivity contribution in [2.75, 3.05) is 40.4 Å². The summed E-state index contributed by atoms with van der Waals surface area (Å²) < 4.78 is 10.6. The van der Waals surface area contributed by atoms with E-state index in [2.05, 4.69) is 69.4 Å². The standard InChI is InChI=1S/2C14H16N2O.C4H6O4/c2*1-17-11-2-3-14-12(8-11)13(9-16-14)10-4-6-15-7-5-10;5-3(6)1-2-4(7)8/h2*2-4,8-9,15-16H,5-7H2,1H3;1-2H2,(H,5,6)(H,7,8). The van der Waals surface area contributed by atoms with Gasteiger partial charge in [-0.2, -0.15) is 0 Å². The summed E-state index contributed by atoms with van der Waals surface area (Å²) in [7, 11) is 3.41. The summed E-state index contributed by atoms with van der Waals surface area (Å²) in [6.07, 6.45) is 10.3. The predicted molar refractivity (Wildman–Crippen MR) is 165 cm³/mol. The summed E-state index contributed by atoms with van der Waals surface area (Å²) in [4.78, 5) is 25.9. The molecule has 0 bridgehead atoms. The molecule has 2 aromatic carbocycles. The lowest BCUT2D eigenvalue weighted by molar-refractivity contribution is -0.143. The first-order valence-electron chi connectivity index (χ1n) is 13.9. The van der Waals surface area contributed by atoms with Crippen molar-refractivity contribution in [3.63, 3.8) is 0 Å². The average molecular weight is 575 g/mol. The fraction of sp³-hybridized carbons (Fsp3) is 0.312. The molecule has 2 aromatic heterocycles. The van der Waals surface area contributed by atoms with Crippen LogP contribution in [-0.2, 0) is 9.59 Å². The minimum absolute atomic E-state index is 0.296. The van der Waals surface area contributed by atoms with Crippen LogP contribution in [0.2, 0.25) is 0 Å². The maximum Gasteiger partial charge on any atom is 0.303 e. The first-order chi connectivity index (χ1) is 20.4. The Morgan fingerprint density at radius 2 is 1.14 bits per heavy atom. The van der Waals surface area contributed by atoms with Crippen LogP contribution in [0, 0.1) is 0 Å². The Bertz CT molecular complexity index is 1460. The number of ether oxygens (including phenoxy) is 2. The van der Waals surface area contributed by atoms with Crippen LogP contribution in [0.4, 0.5) is 0 Å². The van der Waals surface area contributed by atoms with E-state index in [1.807, 2.05) is 12.1 Å². The van der Waals surface area contributed by atoms with E-state index in [0.29, 0.717) is 0 Å². The number of hydrogen-bond donors (Lipinski definition) is 6. The maximum atomic E-state index is 9.64. The average Bonchev–Trinajstić information content (AvgIpc) is 3.65. The van der Waals surface area contributed by atoms with Crippen LogP contribution in [0.25, 0.3) is 33.0 Å². The Kier molecular flexibility index (Phi) is 10.8. The fourth-order valence-electron chi connectivity index (χ4n) is 4.93. The molecule has 42 heavy (non-hydrogen) atoms. The Labute approximate surface area is 244 Å². The summed E-state index contributed by atoms with van der Waals surface area (Å²) >= 11 is 0. The molecular weight excluding hydrogens is 536 g/mol. The number of hydrogen-bond acceptors (Lipinski definition) is 6. The lowest BCUT2D eigenvalue weighted by atomic mass is 10.00. The van der Waals surface area contributed by atoms with Crippen LogP contribution in [-0.4, -0.2) is 72.5 Å². The largest absolute Gasteiger partial charge is 0.497 e. The molecule has 0 atom stereocenters. The van der Waals surface area contributed by atoms with Gasteiger partial charge in [-0.05, 0) is 73.5 Å².